The van der Waals surface area contributed by atoms with Crippen molar-refractivity contribution in [2.75, 3.05) is 18.0 Å². The van der Waals surface area contributed by atoms with E-state index in [0.29, 0.717) is 35.2 Å². The van der Waals surface area contributed by atoms with Gasteiger partial charge in [-0.1, -0.05) is 23.4 Å². The number of nitrogens with zero attached hydrogens (tertiary/aromatic N) is 6. The minimum atomic E-state index is -0.305. The predicted molar refractivity (Wildman–Crippen MR) is 110 cm³/mol. The number of aryl methyl sites for hydroxylation is 1. The molecule has 0 bridgehead atoms. The minimum absolute atomic E-state index is 0.0587. The van der Waals surface area contributed by atoms with Crippen LogP contribution in [0.4, 0.5) is 9.52 Å². The summed E-state index contributed by atoms with van der Waals surface area (Å²) in [7, 11) is 0. The molecular weight excluding hydrogens is 407 g/mol. The Bertz CT molecular complexity index is 1250. The molecule has 1 atom stereocenters. The Morgan fingerprint density at radius 1 is 1.27 bits per heavy atom. The first-order valence-corrected chi connectivity index (χ1v) is 10.7. The summed E-state index contributed by atoms with van der Waals surface area (Å²) in [6.07, 6.45) is 2.57. The molecule has 4 aromatic rings. The number of benzene rings is 1. The van der Waals surface area contributed by atoms with Gasteiger partial charge in [0.05, 0.1) is 5.92 Å². The molecule has 0 amide bonds. The largest absolute Gasteiger partial charge is 0.346 e. The van der Waals surface area contributed by atoms with Crippen LogP contribution in [0.25, 0.3) is 16.3 Å². The standard InChI is InChI=1S/C20H19FN6O2S/c1-2-15-10-16(28)27-19(22-15)30-20(24-27)26-9-3-4-13(11-26)18-23-17(25-29-18)12-5-7-14(21)8-6-12/h5-8,10,13H,2-4,9,11H2,1H3. The number of fused-ring (bicyclic) bond motifs is 1. The minimum Gasteiger partial charge on any atom is -0.346 e. The summed E-state index contributed by atoms with van der Waals surface area (Å²) in [4.78, 5) is 24.1. The summed E-state index contributed by atoms with van der Waals surface area (Å²) >= 11 is 1.41. The molecule has 3 aromatic heterocycles. The van der Waals surface area contributed by atoms with Crippen LogP contribution in [0.1, 0.15) is 37.3 Å². The van der Waals surface area contributed by atoms with Crippen LogP contribution in [0, 0.1) is 5.82 Å². The fraction of sp³-hybridized carbons (Fsp3) is 0.350. The third kappa shape index (κ3) is 3.47. The Hall–Kier alpha value is -3.14. The molecule has 0 radical (unpaired) electrons. The van der Waals surface area contributed by atoms with Crippen molar-refractivity contribution in [1.82, 2.24) is 24.7 Å². The van der Waals surface area contributed by atoms with Gasteiger partial charge >= 0.3 is 0 Å². The van der Waals surface area contributed by atoms with Crippen molar-refractivity contribution in [2.45, 2.75) is 32.1 Å². The van der Waals surface area contributed by atoms with E-state index in [0.717, 1.165) is 30.2 Å². The molecule has 0 N–H and O–H groups in total. The van der Waals surface area contributed by atoms with Gasteiger partial charge in [-0.05, 0) is 43.5 Å². The Morgan fingerprint density at radius 2 is 2.10 bits per heavy atom. The average Bonchev–Trinajstić information content (AvgIpc) is 3.42. The smallest absolute Gasteiger partial charge is 0.275 e. The van der Waals surface area contributed by atoms with Gasteiger partial charge in [0.15, 0.2) is 0 Å². The average molecular weight is 426 g/mol. The number of hydrogen-bond donors (Lipinski definition) is 0. The second kappa shape index (κ2) is 7.60. The van der Waals surface area contributed by atoms with Crippen molar-refractivity contribution in [3.8, 4) is 11.4 Å². The number of halogens is 1. The van der Waals surface area contributed by atoms with Crippen molar-refractivity contribution in [3.05, 3.63) is 58.1 Å². The molecule has 4 heterocycles. The molecule has 1 aliphatic heterocycles. The van der Waals surface area contributed by atoms with E-state index in [9.17, 15) is 9.18 Å². The van der Waals surface area contributed by atoms with Gasteiger partial charge in [0.25, 0.3) is 5.56 Å². The van der Waals surface area contributed by atoms with E-state index >= 15 is 0 Å². The molecule has 1 saturated heterocycles. The Kier molecular flexibility index (Phi) is 4.78. The van der Waals surface area contributed by atoms with Gasteiger partial charge < -0.3 is 9.42 Å². The first-order chi connectivity index (χ1) is 14.6. The summed E-state index contributed by atoms with van der Waals surface area (Å²) in [5, 5.41) is 9.30. The van der Waals surface area contributed by atoms with Crippen LogP contribution in [0.2, 0.25) is 0 Å². The van der Waals surface area contributed by atoms with Crippen molar-refractivity contribution in [3.63, 3.8) is 0 Å². The highest BCUT2D eigenvalue weighted by atomic mass is 32.1. The van der Waals surface area contributed by atoms with Crippen molar-refractivity contribution < 1.29 is 8.91 Å². The van der Waals surface area contributed by atoms with Gasteiger partial charge in [0.1, 0.15) is 5.82 Å². The fourth-order valence-electron chi connectivity index (χ4n) is 3.62. The monoisotopic (exact) mass is 426 g/mol. The third-order valence-corrected chi connectivity index (χ3v) is 6.20. The first kappa shape index (κ1) is 18.9. The molecule has 1 aliphatic rings. The molecule has 1 aromatic carbocycles. The summed E-state index contributed by atoms with van der Waals surface area (Å²) in [5.41, 5.74) is 1.32. The first-order valence-electron chi connectivity index (χ1n) is 9.85. The number of rotatable bonds is 4. The maximum absolute atomic E-state index is 13.1. The molecule has 5 rings (SSSR count). The zero-order valence-corrected chi connectivity index (χ0v) is 17.1. The molecule has 30 heavy (non-hydrogen) atoms. The van der Waals surface area contributed by atoms with Crippen LogP contribution in [0.15, 0.2) is 39.6 Å². The van der Waals surface area contributed by atoms with Gasteiger partial charge in [0.2, 0.25) is 21.8 Å². The van der Waals surface area contributed by atoms with Crippen LogP contribution in [0.3, 0.4) is 0 Å². The van der Waals surface area contributed by atoms with Gasteiger partial charge in [-0.25, -0.2) is 9.37 Å². The molecule has 10 heteroatoms. The number of piperidine rings is 1. The summed E-state index contributed by atoms with van der Waals surface area (Å²) in [5.74, 6) is 0.762. The van der Waals surface area contributed by atoms with E-state index in [1.807, 2.05) is 6.92 Å². The van der Waals surface area contributed by atoms with Crippen molar-refractivity contribution >= 4 is 21.4 Å². The van der Waals surface area contributed by atoms with Gasteiger partial charge in [-0.15, -0.1) is 5.10 Å². The molecule has 1 unspecified atom stereocenters. The highest BCUT2D eigenvalue weighted by Crippen LogP contribution is 2.32. The Labute approximate surface area is 175 Å². The number of hydrogen-bond acceptors (Lipinski definition) is 8. The molecular formula is C20H19FN6O2S. The van der Waals surface area contributed by atoms with E-state index in [1.54, 1.807) is 12.1 Å². The zero-order chi connectivity index (χ0) is 20.7. The second-order valence-corrected chi connectivity index (χ2v) is 8.20. The maximum atomic E-state index is 13.1. The van der Waals surface area contributed by atoms with Crippen molar-refractivity contribution in [2.24, 2.45) is 0 Å². The Balaban J connectivity index is 1.39. The van der Waals surface area contributed by atoms with Crippen LogP contribution < -0.4 is 10.5 Å². The molecule has 154 valence electrons. The summed E-state index contributed by atoms with van der Waals surface area (Å²) in [6, 6.07) is 7.55. The van der Waals surface area contributed by atoms with Crippen LogP contribution in [0.5, 0.6) is 0 Å². The second-order valence-electron chi connectivity index (χ2n) is 7.27. The van der Waals surface area contributed by atoms with Crippen molar-refractivity contribution in [1.29, 1.82) is 0 Å². The Morgan fingerprint density at radius 3 is 2.90 bits per heavy atom. The van der Waals surface area contributed by atoms with Gasteiger partial charge in [-0.3, -0.25) is 4.79 Å². The third-order valence-electron chi connectivity index (χ3n) is 5.23. The molecule has 0 saturated carbocycles. The lowest BCUT2D eigenvalue weighted by atomic mass is 9.98. The molecule has 8 nitrogen and oxygen atoms in total. The molecule has 0 aliphatic carbocycles. The van der Waals surface area contributed by atoms with Crippen LogP contribution in [-0.2, 0) is 6.42 Å². The lowest BCUT2D eigenvalue weighted by Crippen LogP contribution is -2.34. The van der Waals surface area contributed by atoms with E-state index in [4.69, 9.17) is 4.52 Å². The number of aromatic nitrogens is 5. The van der Waals surface area contributed by atoms with Crippen LogP contribution >= 0.6 is 11.3 Å². The normalized spacial score (nSPS) is 17.0. The number of anilines is 1. The SMILES string of the molecule is CCc1cc(=O)n2nc(N3CCCC(c4nc(-c5ccc(F)cc5)no4)C3)sc2n1. The summed E-state index contributed by atoms with van der Waals surface area (Å²) in [6.45, 7) is 3.48. The van der Waals surface area contributed by atoms with E-state index < -0.39 is 0 Å². The quantitative estimate of drug-likeness (QED) is 0.495. The molecule has 0 spiro atoms. The summed E-state index contributed by atoms with van der Waals surface area (Å²) < 4.78 is 20.0. The van der Waals surface area contributed by atoms with Gasteiger partial charge in [-0.2, -0.15) is 9.50 Å². The maximum Gasteiger partial charge on any atom is 0.275 e. The lowest BCUT2D eigenvalue weighted by Gasteiger charge is -2.30. The zero-order valence-electron chi connectivity index (χ0n) is 16.3. The predicted octanol–water partition coefficient (Wildman–Crippen LogP) is 3.29. The fourth-order valence-corrected chi connectivity index (χ4v) is 4.59. The van der Waals surface area contributed by atoms with Crippen LogP contribution in [-0.4, -0.2) is 37.8 Å². The van der Waals surface area contributed by atoms with E-state index in [-0.39, 0.29) is 17.3 Å². The lowest BCUT2D eigenvalue weighted by molar-refractivity contribution is 0.333. The topological polar surface area (TPSA) is 89.4 Å². The highest BCUT2D eigenvalue weighted by molar-refractivity contribution is 7.20. The van der Waals surface area contributed by atoms with E-state index in [2.05, 4.69) is 25.1 Å². The van der Waals surface area contributed by atoms with E-state index in [1.165, 1.54) is 34.1 Å². The molecule has 1 fully saturated rings. The van der Waals surface area contributed by atoms with Gasteiger partial charge in [0, 0.05) is 30.4 Å². The highest BCUT2D eigenvalue weighted by Gasteiger charge is 2.28.